The second kappa shape index (κ2) is 7.33. The number of hydrogen-bond donors (Lipinski definition) is 1. The molecule has 0 amide bonds. The zero-order chi connectivity index (χ0) is 19.7. The van der Waals surface area contributed by atoms with E-state index in [1.807, 2.05) is 36.4 Å². The van der Waals surface area contributed by atoms with Crippen LogP contribution >= 0.6 is 0 Å². The number of hydrogen-bond acceptors (Lipinski definition) is 4. The maximum absolute atomic E-state index is 13.2. The van der Waals surface area contributed by atoms with Crippen LogP contribution in [0.15, 0.2) is 60.8 Å². The SMILES string of the molecule is CCOC(=O)C1(N(c2cccc3cccnc23)S(=O)O)Cc2ccccc2C1. The molecule has 1 atom stereocenters. The first kappa shape index (κ1) is 18.6. The number of anilines is 1. The number of fused-ring (bicyclic) bond motifs is 2. The van der Waals surface area contributed by atoms with Crippen molar-refractivity contribution in [2.45, 2.75) is 25.3 Å². The van der Waals surface area contributed by atoms with Crippen molar-refractivity contribution in [1.82, 2.24) is 4.98 Å². The maximum Gasteiger partial charge on any atom is 0.333 e. The molecule has 1 aliphatic rings. The van der Waals surface area contributed by atoms with Gasteiger partial charge in [0.1, 0.15) is 0 Å². The molecule has 0 radical (unpaired) electrons. The van der Waals surface area contributed by atoms with Crippen molar-refractivity contribution < 1.29 is 18.3 Å². The van der Waals surface area contributed by atoms with Crippen LogP contribution in [0.5, 0.6) is 0 Å². The summed E-state index contributed by atoms with van der Waals surface area (Å²) in [5.41, 5.74) is 1.62. The topological polar surface area (TPSA) is 79.7 Å². The Morgan fingerprint density at radius 1 is 1.14 bits per heavy atom. The first-order valence-corrected chi connectivity index (χ1v) is 10.1. The van der Waals surface area contributed by atoms with Crippen molar-refractivity contribution in [2.75, 3.05) is 10.9 Å². The predicted octanol–water partition coefficient (Wildman–Crippen LogP) is 3.28. The van der Waals surface area contributed by atoms with E-state index in [1.54, 1.807) is 31.3 Å². The van der Waals surface area contributed by atoms with E-state index in [0.29, 0.717) is 11.2 Å². The molecule has 1 unspecified atom stereocenters. The average molecular weight is 396 g/mol. The molecular formula is C21H20N2O4S. The fraction of sp³-hybridized carbons (Fsp3) is 0.238. The number of esters is 1. The fourth-order valence-corrected chi connectivity index (χ4v) is 4.77. The first-order chi connectivity index (χ1) is 13.6. The van der Waals surface area contributed by atoms with Crippen LogP contribution in [0.2, 0.25) is 0 Å². The van der Waals surface area contributed by atoms with E-state index in [0.717, 1.165) is 16.5 Å². The Labute approximate surface area is 165 Å². The van der Waals surface area contributed by atoms with Crippen LogP contribution in [0.3, 0.4) is 0 Å². The molecule has 0 aliphatic heterocycles. The third-order valence-electron chi connectivity index (χ3n) is 5.11. The quantitative estimate of drug-likeness (QED) is 0.529. The molecule has 0 saturated carbocycles. The average Bonchev–Trinajstić information content (AvgIpc) is 3.08. The minimum atomic E-state index is -2.46. The summed E-state index contributed by atoms with van der Waals surface area (Å²) >= 11 is -2.46. The minimum absolute atomic E-state index is 0.191. The number of rotatable bonds is 5. The summed E-state index contributed by atoms with van der Waals surface area (Å²) in [5, 5.41) is 0.824. The van der Waals surface area contributed by atoms with Gasteiger partial charge in [0.25, 0.3) is 11.3 Å². The molecule has 0 bridgehead atoms. The summed E-state index contributed by atoms with van der Waals surface area (Å²) in [6, 6.07) is 16.8. The van der Waals surface area contributed by atoms with Crippen molar-refractivity contribution >= 4 is 33.8 Å². The van der Waals surface area contributed by atoms with Crippen molar-refractivity contribution in [3.63, 3.8) is 0 Å². The summed E-state index contributed by atoms with van der Waals surface area (Å²) in [6.07, 6.45) is 2.21. The van der Waals surface area contributed by atoms with Crippen LogP contribution in [0.25, 0.3) is 10.9 Å². The number of carbonyl (C=O) groups excluding carboxylic acids is 1. The van der Waals surface area contributed by atoms with Gasteiger partial charge in [0.05, 0.1) is 17.8 Å². The Balaban J connectivity index is 1.93. The Morgan fingerprint density at radius 2 is 1.82 bits per heavy atom. The molecule has 0 saturated heterocycles. The number of carbonyl (C=O) groups is 1. The van der Waals surface area contributed by atoms with E-state index >= 15 is 0 Å². The van der Waals surface area contributed by atoms with E-state index in [2.05, 4.69) is 4.98 Å². The van der Waals surface area contributed by atoms with Crippen LogP contribution in [-0.2, 0) is 33.6 Å². The van der Waals surface area contributed by atoms with E-state index in [9.17, 15) is 13.6 Å². The van der Waals surface area contributed by atoms with Crippen molar-refractivity contribution in [2.24, 2.45) is 0 Å². The van der Waals surface area contributed by atoms with Crippen LogP contribution in [-0.4, -0.2) is 31.9 Å². The van der Waals surface area contributed by atoms with Crippen LogP contribution in [0.1, 0.15) is 18.1 Å². The lowest BCUT2D eigenvalue weighted by Gasteiger charge is -2.37. The van der Waals surface area contributed by atoms with Gasteiger partial charge in [-0.15, -0.1) is 0 Å². The van der Waals surface area contributed by atoms with Gasteiger partial charge in [-0.1, -0.05) is 42.5 Å². The largest absolute Gasteiger partial charge is 0.464 e. The molecule has 1 heterocycles. The van der Waals surface area contributed by atoms with Gasteiger partial charge < -0.3 is 4.74 Å². The highest BCUT2D eigenvalue weighted by atomic mass is 32.2. The lowest BCUT2D eigenvalue weighted by atomic mass is 9.94. The summed E-state index contributed by atoms with van der Waals surface area (Å²) in [5.74, 6) is -0.512. The van der Waals surface area contributed by atoms with E-state index < -0.39 is 22.8 Å². The molecule has 6 nitrogen and oxygen atoms in total. The smallest absolute Gasteiger partial charge is 0.333 e. The van der Waals surface area contributed by atoms with Crippen LogP contribution < -0.4 is 4.31 Å². The molecule has 1 N–H and O–H groups in total. The highest BCUT2D eigenvalue weighted by Crippen LogP contribution is 2.41. The zero-order valence-corrected chi connectivity index (χ0v) is 16.2. The van der Waals surface area contributed by atoms with Gasteiger partial charge in [-0.05, 0) is 30.2 Å². The molecule has 7 heteroatoms. The number of para-hydroxylation sites is 1. The predicted molar refractivity (Wildman–Crippen MR) is 108 cm³/mol. The van der Waals surface area contributed by atoms with Gasteiger partial charge >= 0.3 is 5.97 Å². The van der Waals surface area contributed by atoms with Crippen LogP contribution in [0, 0.1) is 0 Å². The van der Waals surface area contributed by atoms with Crippen molar-refractivity contribution in [3.05, 3.63) is 71.9 Å². The molecule has 1 aromatic heterocycles. The number of benzene rings is 2. The second-order valence-corrected chi connectivity index (χ2v) is 7.58. The van der Waals surface area contributed by atoms with Crippen molar-refractivity contribution in [3.8, 4) is 0 Å². The highest BCUT2D eigenvalue weighted by Gasteiger charge is 2.52. The van der Waals surface area contributed by atoms with Gasteiger partial charge in [-0.25, -0.2) is 13.3 Å². The monoisotopic (exact) mass is 396 g/mol. The first-order valence-electron chi connectivity index (χ1n) is 9.06. The normalized spacial score (nSPS) is 15.8. The standard InChI is InChI=1S/C21H20N2O4S/c1-2-27-20(24)21(13-16-7-3-4-8-17(16)14-21)23(28(25)26)18-11-5-9-15-10-6-12-22-19(15)18/h3-12H,2,13-14H2,1H3,(H,25,26). The molecule has 1 aliphatic carbocycles. The lowest BCUT2D eigenvalue weighted by molar-refractivity contribution is -0.148. The summed E-state index contributed by atoms with van der Waals surface area (Å²) < 4.78 is 29.5. The summed E-state index contributed by atoms with van der Waals surface area (Å²) in [6.45, 7) is 1.92. The Kier molecular flexibility index (Phi) is 4.87. The molecular weight excluding hydrogens is 376 g/mol. The second-order valence-electron chi connectivity index (χ2n) is 6.75. The third-order valence-corrected chi connectivity index (χ3v) is 5.97. The molecule has 0 fully saturated rings. The molecule has 3 aromatic rings. The highest BCUT2D eigenvalue weighted by molar-refractivity contribution is 7.80. The maximum atomic E-state index is 13.2. The minimum Gasteiger partial charge on any atom is -0.464 e. The fourth-order valence-electron chi connectivity index (χ4n) is 3.95. The van der Waals surface area contributed by atoms with Gasteiger partial charge in [0.2, 0.25) is 0 Å². The van der Waals surface area contributed by atoms with Gasteiger partial charge in [0.15, 0.2) is 5.54 Å². The molecule has 28 heavy (non-hydrogen) atoms. The summed E-state index contributed by atoms with van der Waals surface area (Å²) in [4.78, 5) is 17.6. The molecule has 144 valence electrons. The van der Waals surface area contributed by atoms with Gasteiger partial charge in [-0.3, -0.25) is 9.54 Å². The molecule has 4 rings (SSSR count). The van der Waals surface area contributed by atoms with Gasteiger partial charge in [-0.2, -0.15) is 0 Å². The van der Waals surface area contributed by atoms with E-state index in [1.165, 1.54) is 4.31 Å². The third kappa shape index (κ3) is 2.96. The Hall–Kier alpha value is -2.77. The number of nitrogens with zero attached hydrogens (tertiary/aromatic N) is 2. The van der Waals surface area contributed by atoms with E-state index in [4.69, 9.17) is 4.74 Å². The lowest BCUT2D eigenvalue weighted by Crippen LogP contribution is -2.57. The molecule has 0 spiro atoms. The summed E-state index contributed by atoms with van der Waals surface area (Å²) in [7, 11) is 0. The van der Waals surface area contributed by atoms with E-state index in [-0.39, 0.29) is 19.4 Å². The van der Waals surface area contributed by atoms with Gasteiger partial charge in [0, 0.05) is 24.4 Å². The number of aromatic nitrogens is 1. The Bertz CT molecular complexity index is 1040. The van der Waals surface area contributed by atoms with Crippen LogP contribution in [0.4, 0.5) is 5.69 Å². The number of pyridine rings is 1. The number of ether oxygens (including phenoxy) is 1. The van der Waals surface area contributed by atoms with Crippen molar-refractivity contribution in [1.29, 1.82) is 0 Å². The Morgan fingerprint density at radius 3 is 2.46 bits per heavy atom. The molecule has 2 aromatic carbocycles. The zero-order valence-electron chi connectivity index (χ0n) is 15.4.